The van der Waals surface area contributed by atoms with Crippen LogP contribution >= 0.6 is 0 Å². The van der Waals surface area contributed by atoms with E-state index in [4.69, 9.17) is 9.47 Å². The largest absolute Gasteiger partial charge is 0.394 e. The van der Waals surface area contributed by atoms with Gasteiger partial charge in [0.05, 0.1) is 25.4 Å². The van der Waals surface area contributed by atoms with Crippen molar-refractivity contribution in [2.24, 2.45) is 0 Å². The first-order valence-electron chi connectivity index (χ1n) is 21.3. The van der Waals surface area contributed by atoms with Crippen LogP contribution in [0.2, 0.25) is 0 Å². The summed E-state index contributed by atoms with van der Waals surface area (Å²) in [4.78, 5) is 12.8. The minimum absolute atomic E-state index is 0.263. The summed E-state index contributed by atoms with van der Waals surface area (Å²) in [6, 6.07) is -0.981. The Kier molecular flexibility index (Phi) is 30.8. The molecule has 0 unspecified atom stereocenters. The Balaban J connectivity index is 2.16. The minimum atomic E-state index is -1.60. The van der Waals surface area contributed by atoms with E-state index >= 15 is 0 Å². The fourth-order valence-electron chi connectivity index (χ4n) is 7.02. The lowest BCUT2D eigenvalue weighted by Gasteiger charge is -2.40. The molecular weight excluding hydrogens is 650 g/mol. The number of rotatable bonds is 35. The highest BCUT2D eigenvalue weighted by Crippen LogP contribution is 2.23. The summed E-state index contributed by atoms with van der Waals surface area (Å²) >= 11 is 0. The average molecular weight is 732 g/mol. The molecule has 1 aliphatic heterocycles. The molecule has 0 aromatic heterocycles. The molecule has 304 valence electrons. The van der Waals surface area contributed by atoms with Gasteiger partial charge in [-0.25, -0.2) is 0 Å². The van der Waals surface area contributed by atoms with Crippen molar-refractivity contribution in [3.05, 3.63) is 0 Å². The van der Waals surface area contributed by atoms with E-state index in [1.54, 1.807) is 0 Å². The fraction of sp³-hybridized carbons (Fsp3) is 0.976. The molecule has 1 rings (SSSR count). The third-order valence-electron chi connectivity index (χ3n) is 10.6. The number of carbonyl (C=O) groups excluding carboxylic acids is 1. The molecule has 0 aromatic rings. The van der Waals surface area contributed by atoms with Gasteiger partial charge in [0.15, 0.2) is 6.29 Å². The number of amides is 1. The van der Waals surface area contributed by atoms with E-state index in [1.165, 1.54) is 128 Å². The van der Waals surface area contributed by atoms with Gasteiger partial charge in [0.25, 0.3) is 0 Å². The zero-order valence-electron chi connectivity index (χ0n) is 32.7. The van der Waals surface area contributed by atoms with Crippen molar-refractivity contribution in [2.75, 3.05) is 13.2 Å². The Labute approximate surface area is 311 Å². The fourth-order valence-corrected chi connectivity index (χ4v) is 7.02. The van der Waals surface area contributed by atoms with E-state index in [-0.39, 0.29) is 18.9 Å². The second-order valence-corrected chi connectivity index (χ2v) is 15.3. The number of unbranched alkanes of at least 4 members (excludes halogenated alkanes) is 24. The average Bonchev–Trinajstić information content (AvgIpc) is 3.13. The molecule has 0 spiro atoms. The van der Waals surface area contributed by atoms with Gasteiger partial charge in [0.1, 0.15) is 30.5 Å². The Hall–Kier alpha value is -0.850. The lowest BCUT2D eigenvalue weighted by Crippen LogP contribution is -2.60. The molecule has 10 nitrogen and oxygen atoms in total. The van der Waals surface area contributed by atoms with Crippen LogP contribution < -0.4 is 5.32 Å². The first kappa shape index (κ1) is 48.2. The zero-order valence-corrected chi connectivity index (χ0v) is 32.7. The van der Waals surface area contributed by atoms with E-state index in [2.05, 4.69) is 12.2 Å². The van der Waals surface area contributed by atoms with Crippen LogP contribution in [0.1, 0.15) is 194 Å². The van der Waals surface area contributed by atoms with Gasteiger partial charge >= 0.3 is 0 Å². The van der Waals surface area contributed by atoms with Crippen molar-refractivity contribution >= 4 is 5.91 Å². The van der Waals surface area contributed by atoms with Crippen LogP contribution in [0.25, 0.3) is 0 Å². The highest BCUT2D eigenvalue weighted by molar-refractivity contribution is 5.76. The Bertz CT molecular complexity index is 788. The van der Waals surface area contributed by atoms with E-state index < -0.39 is 55.6 Å². The van der Waals surface area contributed by atoms with Crippen LogP contribution in [0.15, 0.2) is 0 Å². The summed E-state index contributed by atoms with van der Waals surface area (Å²) in [5.74, 6) is -0.263. The normalized spacial score (nSPS) is 22.5. The maximum Gasteiger partial charge on any atom is 0.220 e. The van der Waals surface area contributed by atoms with E-state index in [0.717, 1.165) is 38.5 Å². The molecule has 10 heteroatoms. The predicted octanol–water partition coefficient (Wildman–Crippen LogP) is 6.97. The van der Waals surface area contributed by atoms with Crippen molar-refractivity contribution in [2.45, 2.75) is 243 Å². The zero-order chi connectivity index (χ0) is 37.5. The molecule has 1 aliphatic rings. The maximum absolute atomic E-state index is 12.8. The Morgan fingerprint density at radius 1 is 0.608 bits per heavy atom. The van der Waals surface area contributed by atoms with E-state index in [0.29, 0.717) is 6.42 Å². The second-order valence-electron chi connectivity index (χ2n) is 15.3. The number of ether oxygens (including phenoxy) is 2. The van der Waals surface area contributed by atoms with Crippen LogP contribution in [-0.2, 0) is 14.3 Å². The molecule has 1 heterocycles. The quantitative estimate of drug-likeness (QED) is 0.0341. The van der Waals surface area contributed by atoms with Crippen LogP contribution in [0, 0.1) is 0 Å². The number of aliphatic hydroxyl groups is 6. The molecule has 1 saturated heterocycles. The first-order chi connectivity index (χ1) is 24.8. The first-order valence-corrected chi connectivity index (χ1v) is 21.3. The van der Waals surface area contributed by atoms with Crippen molar-refractivity contribution < 1.29 is 44.9 Å². The van der Waals surface area contributed by atoms with Crippen molar-refractivity contribution in [1.29, 1.82) is 0 Å². The third-order valence-corrected chi connectivity index (χ3v) is 10.6. The molecule has 1 fully saturated rings. The summed E-state index contributed by atoms with van der Waals surface area (Å²) in [5.41, 5.74) is 0. The molecular formula is C41H81NO9. The standard InChI is InChI=1S/C41H81NO9/c1-3-5-7-8-9-10-11-12-13-14-15-16-17-18-19-20-21-22-23-24-25-26-28-30-36(45)42-33(37(46)34(44)29-27-6-4-2)32-50-41-40(49)39(48)38(47)35(31-43)51-41/h33-35,37-41,43-44,46-49H,3-32H2,1-2H3,(H,42,45)/t33-,34+,35+,37-,38-,39-,40+,41-/m0/s1. The molecule has 51 heavy (non-hydrogen) atoms. The van der Waals surface area contributed by atoms with Gasteiger partial charge in [-0.05, 0) is 12.8 Å². The molecule has 0 bridgehead atoms. The van der Waals surface area contributed by atoms with Gasteiger partial charge < -0.3 is 45.4 Å². The summed E-state index contributed by atoms with van der Waals surface area (Å²) in [5, 5.41) is 64.1. The van der Waals surface area contributed by atoms with Crippen LogP contribution in [0.4, 0.5) is 0 Å². The molecule has 8 atom stereocenters. The Morgan fingerprint density at radius 2 is 1.02 bits per heavy atom. The lowest BCUT2D eigenvalue weighted by molar-refractivity contribution is -0.303. The molecule has 7 N–H and O–H groups in total. The monoisotopic (exact) mass is 732 g/mol. The van der Waals surface area contributed by atoms with Gasteiger partial charge in [0, 0.05) is 6.42 Å². The smallest absolute Gasteiger partial charge is 0.220 e. The predicted molar refractivity (Wildman–Crippen MR) is 204 cm³/mol. The van der Waals surface area contributed by atoms with Crippen molar-refractivity contribution in [1.82, 2.24) is 5.32 Å². The number of aliphatic hydroxyl groups excluding tert-OH is 6. The van der Waals surface area contributed by atoms with Gasteiger partial charge in [-0.1, -0.05) is 174 Å². The molecule has 0 aromatic carbocycles. The molecule has 1 amide bonds. The second kappa shape index (κ2) is 32.6. The highest BCUT2D eigenvalue weighted by atomic mass is 16.7. The van der Waals surface area contributed by atoms with Crippen LogP contribution in [0.3, 0.4) is 0 Å². The SMILES string of the molecule is CCCCCCCCCCCCCCCCCCCCCCCCCC(=O)N[C@@H](CO[C@H]1O[C@H](CO)[C@H](O)[C@H](O)[C@H]1O)[C@H](O)[C@H](O)CCCCC. The highest BCUT2D eigenvalue weighted by Gasteiger charge is 2.44. The van der Waals surface area contributed by atoms with Gasteiger partial charge in [-0.2, -0.15) is 0 Å². The molecule has 0 saturated carbocycles. The van der Waals surface area contributed by atoms with Gasteiger partial charge in [0.2, 0.25) is 5.91 Å². The summed E-state index contributed by atoms with van der Waals surface area (Å²) in [6.45, 7) is 3.42. The van der Waals surface area contributed by atoms with Gasteiger partial charge in [-0.15, -0.1) is 0 Å². The van der Waals surface area contributed by atoms with Crippen LogP contribution in [0.5, 0.6) is 0 Å². The number of carbonyl (C=O) groups is 1. The van der Waals surface area contributed by atoms with E-state index in [9.17, 15) is 35.4 Å². The molecule has 0 aliphatic carbocycles. The summed E-state index contributed by atoms with van der Waals surface area (Å²) < 4.78 is 11.0. The lowest BCUT2D eigenvalue weighted by atomic mass is 9.99. The Morgan fingerprint density at radius 3 is 1.45 bits per heavy atom. The molecule has 0 radical (unpaired) electrons. The van der Waals surface area contributed by atoms with Crippen molar-refractivity contribution in [3.8, 4) is 0 Å². The number of hydrogen-bond acceptors (Lipinski definition) is 9. The number of nitrogens with one attached hydrogen (secondary N) is 1. The third kappa shape index (κ3) is 23.5. The van der Waals surface area contributed by atoms with Gasteiger partial charge in [-0.3, -0.25) is 4.79 Å². The minimum Gasteiger partial charge on any atom is -0.394 e. The number of hydrogen-bond donors (Lipinski definition) is 7. The topological polar surface area (TPSA) is 169 Å². The maximum atomic E-state index is 12.8. The summed E-state index contributed by atoms with van der Waals surface area (Å²) in [6.07, 6.45) is 23.7. The van der Waals surface area contributed by atoms with Crippen LogP contribution in [-0.4, -0.2) is 98.7 Å². The van der Waals surface area contributed by atoms with Crippen molar-refractivity contribution in [3.63, 3.8) is 0 Å². The van der Waals surface area contributed by atoms with E-state index in [1.807, 2.05) is 6.92 Å². The summed E-state index contributed by atoms with van der Waals surface area (Å²) in [7, 11) is 0.